The number of hydrogen-bond acceptors (Lipinski definition) is 3. The molecule has 0 heterocycles. The van der Waals surface area contributed by atoms with Crippen LogP contribution in [0.2, 0.25) is 18.1 Å². The molecule has 3 fully saturated rings. The summed E-state index contributed by atoms with van der Waals surface area (Å²) in [6, 6.07) is 0. The van der Waals surface area contributed by atoms with Gasteiger partial charge in [0.05, 0.1) is 6.10 Å². The number of fused-ring (bicyclic) bond motifs is 5. The average molecular weight is 503 g/mol. The van der Waals surface area contributed by atoms with Gasteiger partial charge in [0.1, 0.15) is 0 Å². The Morgan fingerprint density at radius 1 is 1.06 bits per heavy atom. The van der Waals surface area contributed by atoms with Crippen LogP contribution in [0.15, 0.2) is 11.6 Å². The molecule has 3 saturated carbocycles. The molecule has 3 nitrogen and oxygen atoms in total. The van der Waals surface area contributed by atoms with Crippen molar-refractivity contribution in [2.24, 2.45) is 34.5 Å². The molecule has 4 rings (SSSR count). The summed E-state index contributed by atoms with van der Waals surface area (Å²) in [4.78, 5) is 13.8. The first-order chi connectivity index (χ1) is 16.2. The van der Waals surface area contributed by atoms with E-state index in [0.717, 1.165) is 44.6 Å². The Morgan fingerprint density at radius 2 is 1.77 bits per heavy atom. The summed E-state index contributed by atoms with van der Waals surface area (Å²) in [6.07, 6.45) is 13.1. The smallest absolute Gasteiger partial charge is 0.192 e. The van der Waals surface area contributed by atoms with Crippen molar-refractivity contribution in [3.63, 3.8) is 0 Å². The van der Waals surface area contributed by atoms with E-state index in [9.17, 15) is 4.79 Å². The number of carbonyl (C=O) groups excluding carboxylic acids is 1. The molecule has 0 aromatic carbocycles. The van der Waals surface area contributed by atoms with Gasteiger partial charge >= 0.3 is 0 Å². The van der Waals surface area contributed by atoms with Crippen LogP contribution >= 0.6 is 0 Å². The molecule has 2 unspecified atom stereocenters. The lowest BCUT2D eigenvalue weighted by Crippen LogP contribution is -2.55. The van der Waals surface area contributed by atoms with Crippen LogP contribution in [0.25, 0.3) is 0 Å². The monoisotopic (exact) mass is 502 g/mol. The van der Waals surface area contributed by atoms with Crippen LogP contribution in [0.3, 0.4) is 0 Å². The summed E-state index contributed by atoms with van der Waals surface area (Å²) in [5, 5.41) is 0.222. The summed E-state index contributed by atoms with van der Waals surface area (Å²) >= 11 is 0. The van der Waals surface area contributed by atoms with Crippen LogP contribution in [-0.2, 0) is 14.0 Å². The minimum Gasteiger partial charge on any atom is -0.414 e. The summed E-state index contributed by atoms with van der Waals surface area (Å²) in [7, 11) is -1.81. The Bertz CT molecular complexity index is 824. The van der Waals surface area contributed by atoms with E-state index in [1.165, 1.54) is 31.3 Å². The van der Waals surface area contributed by atoms with Gasteiger partial charge < -0.3 is 9.16 Å². The van der Waals surface area contributed by atoms with Crippen molar-refractivity contribution in [2.45, 2.75) is 137 Å². The second-order valence-electron chi connectivity index (χ2n) is 15.0. The quantitative estimate of drug-likeness (QED) is 0.259. The number of carbonyl (C=O) groups is 1. The molecule has 0 spiro atoms. The number of ether oxygens (including phenoxy) is 1. The Labute approximate surface area is 217 Å². The third-order valence-corrected chi connectivity index (χ3v) is 15.9. The third-order valence-electron chi connectivity index (χ3n) is 11.3. The van der Waals surface area contributed by atoms with E-state index in [2.05, 4.69) is 67.6 Å². The molecule has 0 bridgehead atoms. The molecule has 35 heavy (non-hydrogen) atoms. The van der Waals surface area contributed by atoms with Gasteiger partial charge in [-0.15, -0.1) is 0 Å². The van der Waals surface area contributed by atoms with Gasteiger partial charge in [0.2, 0.25) is 0 Å². The maximum atomic E-state index is 13.8. The molecular formula is C31H54O3Si. The Morgan fingerprint density at radius 3 is 2.43 bits per heavy atom. The first-order valence-electron chi connectivity index (χ1n) is 14.7. The van der Waals surface area contributed by atoms with Crippen LogP contribution in [0.1, 0.15) is 106 Å². The summed E-state index contributed by atoms with van der Waals surface area (Å²) in [6.45, 7) is 22.1. The van der Waals surface area contributed by atoms with Crippen molar-refractivity contribution in [3.8, 4) is 0 Å². The lowest BCUT2D eigenvalue weighted by molar-refractivity contribution is -0.138. The van der Waals surface area contributed by atoms with Crippen molar-refractivity contribution in [2.75, 3.05) is 6.61 Å². The van der Waals surface area contributed by atoms with Crippen LogP contribution in [0.5, 0.6) is 0 Å². The van der Waals surface area contributed by atoms with E-state index in [4.69, 9.17) is 9.16 Å². The number of allylic oxidation sites excluding steroid dienone is 1. The molecule has 4 heteroatoms. The molecule has 0 amide bonds. The zero-order valence-corrected chi connectivity index (χ0v) is 25.3. The van der Waals surface area contributed by atoms with Gasteiger partial charge in [-0.25, -0.2) is 0 Å². The first kappa shape index (κ1) is 27.6. The SMILES string of the molecule is CC(C)CCCOC1CC[C@H]2[C@@H]3C(=O)C=C4CC(O[Si](C)(C)C(C)(C)C)CC[C@]4(C)[C@@H]3CC[C@]12C. The molecular weight excluding hydrogens is 448 g/mol. The predicted molar refractivity (Wildman–Crippen MR) is 148 cm³/mol. The van der Waals surface area contributed by atoms with Gasteiger partial charge in [0, 0.05) is 18.6 Å². The van der Waals surface area contributed by atoms with Crippen LogP contribution in [0.4, 0.5) is 0 Å². The molecule has 0 saturated heterocycles. The lowest BCUT2D eigenvalue weighted by atomic mass is 9.47. The number of rotatable bonds is 7. The third kappa shape index (κ3) is 5.02. The second kappa shape index (κ2) is 9.69. The molecule has 0 aromatic heterocycles. The molecule has 0 N–H and O–H groups in total. The van der Waals surface area contributed by atoms with E-state index < -0.39 is 8.32 Å². The fourth-order valence-electron chi connectivity index (χ4n) is 8.01. The van der Waals surface area contributed by atoms with Gasteiger partial charge in [0.25, 0.3) is 0 Å². The molecule has 7 atom stereocenters. The Balaban J connectivity index is 1.48. The van der Waals surface area contributed by atoms with Crippen LogP contribution in [-0.4, -0.2) is 32.9 Å². The molecule has 0 aliphatic heterocycles. The van der Waals surface area contributed by atoms with E-state index in [-0.39, 0.29) is 27.9 Å². The highest BCUT2D eigenvalue weighted by atomic mass is 28.4. The lowest BCUT2D eigenvalue weighted by Gasteiger charge is -2.57. The molecule has 4 aliphatic rings. The van der Waals surface area contributed by atoms with Gasteiger partial charge in [-0.05, 0) is 111 Å². The Kier molecular flexibility index (Phi) is 7.64. The summed E-state index contributed by atoms with van der Waals surface area (Å²) < 4.78 is 13.4. The zero-order valence-electron chi connectivity index (χ0n) is 24.3. The van der Waals surface area contributed by atoms with Crippen molar-refractivity contribution >= 4 is 14.1 Å². The fourth-order valence-corrected chi connectivity index (χ4v) is 9.39. The van der Waals surface area contributed by atoms with E-state index in [0.29, 0.717) is 23.7 Å². The summed E-state index contributed by atoms with van der Waals surface area (Å²) in [5.41, 5.74) is 1.74. The average Bonchev–Trinajstić information content (AvgIpc) is 3.07. The van der Waals surface area contributed by atoms with Gasteiger partial charge in [0.15, 0.2) is 14.1 Å². The standard InChI is InChI=1S/C31H54O3Si/c1-21(2)11-10-18-33-27-13-12-24-28-25(15-17-31(24,27)7)30(6)16-14-23(19-22(30)20-26(28)32)34-35(8,9)29(3,4)5/h20-21,23-25,27-28H,10-19H2,1-9H3/t23?,24-,25+,27?,28-,30-,31-/m0/s1. The highest BCUT2D eigenvalue weighted by Gasteiger charge is 2.61. The number of ketones is 1. The number of hydrogen-bond donors (Lipinski definition) is 0. The predicted octanol–water partition coefficient (Wildman–Crippen LogP) is 8.34. The largest absolute Gasteiger partial charge is 0.414 e. The van der Waals surface area contributed by atoms with E-state index in [1.807, 2.05) is 0 Å². The van der Waals surface area contributed by atoms with Gasteiger partial charge in [-0.1, -0.05) is 54.0 Å². The van der Waals surface area contributed by atoms with Crippen LogP contribution in [0, 0.1) is 34.5 Å². The highest BCUT2D eigenvalue weighted by molar-refractivity contribution is 6.74. The Hall–Kier alpha value is -0.453. The second-order valence-corrected chi connectivity index (χ2v) is 19.7. The minimum atomic E-state index is -1.81. The van der Waals surface area contributed by atoms with Gasteiger partial charge in [-0.2, -0.15) is 0 Å². The maximum Gasteiger partial charge on any atom is 0.192 e. The molecule has 200 valence electrons. The van der Waals surface area contributed by atoms with Crippen molar-refractivity contribution in [1.82, 2.24) is 0 Å². The summed E-state index contributed by atoms with van der Waals surface area (Å²) in [5.74, 6) is 2.35. The molecule has 0 aromatic rings. The van der Waals surface area contributed by atoms with Gasteiger partial charge in [-0.3, -0.25) is 4.79 Å². The zero-order chi connectivity index (χ0) is 25.8. The van der Waals surface area contributed by atoms with Crippen molar-refractivity contribution < 1.29 is 14.0 Å². The van der Waals surface area contributed by atoms with Crippen molar-refractivity contribution in [1.29, 1.82) is 0 Å². The van der Waals surface area contributed by atoms with Crippen molar-refractivity contribution in [3.05, 3.63) is 11.6 Å². The topological polar surface area (TPSA) is 35.5 Å². The first-order valence-corrected chi connectivity index (χ1v) is 17.6. The van der Waals surface area contributed by atoms with Crippen LogP contribution < -0.4 is 0 Å². The minimum absolute atomic E-state index is 0.166. The maximum absolute atomic E-state index is 13.8. The molecule has 4 aliphatic carbocycles. The van der Waals surface area contributed by atoms with E-state index in [1.54, 1.807) is 0 Å². The molecule has 0 radical (unpaired) electrons. The fraction of sp³-hybridized carbons (Fsp3) is 0.903. The highest BCUT2D eigenvalue weighted by Crippen LogP contribution is 2.64. The van der Waals surface area contributed by atoms with E-state index >= 15 is 0 Å². The normalized spacial score (nSPS) is 39.8.